The Labute approximate surface area is 104 Å². The quantitative estimate of drug-likeness (QED) is 0.247. The van der Waals surface area contributed by atoms with E-state index in [1.54, 1.807) is 0 Å². The summed E-state index contributed by atoms with van der Waals surface area (Å²) in [5.74, 6) is 0. The molecular weight excluding hydrogens is 288 g/mol. The largest absolute Gasteiger partial charge is 0.759 e. The fourth-order valence-electron chi connectivity index (χ4n) is 0.856. The SMILES string of the molecule is N#[N+]c1ccc([N+](=O)[O-])cc1[N+](=O)[O-].O=S(=O)([O-])[O-]. The molecule has 0 amide bonds. The third-order valence-corrected chi connectivity index (χ3v) is 1.47. The third kappa shape index (κ3) is 6.58. The van der Waals surface area contributed by atoms with Crippen LogP contribution in [0.3, 0.4) is 0 Å². The summed E-state index contributed by atoms with van der Waals surface area (Å²) in [6, 6.07) is 2.74. The minimum absolute atomic E-state index is 0.319. The second kappa shape index (κ2) is 6.30. The van der Waals surface area contributed by atoms with Gasteiger partial charge in [-0.3, -0.25) is 28.6 Å². The molecule has 1 aromatic carbocycles. The highest BCUT2D eigenvalue weighted by molar-refractivity contribution is 7.79. The lowest BCUT2D eigenvalue weighted by Crippen LogP contribution is -1.92. The van der Waals surface area contributed by atoms with Crippen molar-refractivity contribution in [3.63, 3.8) is 0 Å². The molecule has 0 fully saturated rings. The van der Waals surface area contributed by atoms with Gasteiger partial charge >= 0.3 is 11.4 Å². The lowest BCUT2D eigenvalue weighted by atomic mass is 10.2. The van der Waals surface area contributed by atoms with Gasteiger partial charge in [-0.15, -0.1) is 0 Å². The van der Waals surface area contributed by atoms with Crippen molar-refractivity contribution in [1.82, 2.24) is 0 Å². The van der Waals surface area contributed by atoms with Gasteiger partial charge in [0.1, 0.15) is 6.07 Å². The molecule has 12 nitrogen and oxygen atoms in total. The summed E-state index contributed by atoms with van der Waals surface area (Å²) in [6.45, 7) is 0. The molecule has 0 bridgehead atoms. The molecule has 1 rings (SSSR count). The second-order valence-corrected chi connectivity index (χ2v) is 3.51. The van der Waals surface area contributed by atoms with Gasteiger partial charge < -0.3 is 9.11 Å². The van der Waals surface area contributed by atoms with E-state index in [9.17, 15) is 20.2 Å². The molecule has 0 radical (unpaired) electrons. The minimum atomic E-state index is -5.17. The van der Waals surface area contributed by atoms with Gasteiger partial charge in [-0.25, -0.2) is 0 Å². The molecule has 0 atom stereocenters. The molecule has 19 heavy (non-hydrogen) atoms. The van der Waals surface area contributed by atoms with Crippen molar-refractivity contribution >= 4 is 27.5 Å². The van der Waals surface area contributed by atoms with E-state index in [1.807, 2.05) is 0 Å². The van der Waals surface area contributed by atoms with Gasteiger partial charge in [0.15, 0.2) is 4.98 Å². The van der Waals surface area contributed by atoms with Crippen molar-refractivity contribution in [2.75, 3.05) is 0 Å². The molecule has 0 unspecified atom stereocenters. The van der Waals surface area contributed by atoms with Gasteiger partial charge in [-0.05, 0) is 0 Å². The van der Waals surface area contributed by atoms with E-state index in [4.69, 9.17) is 22.9 Å². The molecule has 0 heterocycles. The fourth-order valence-corrected chi connectivity index (χ4v) is 0.856. The zero-order valence-corrected chi connectivity index (χ0v) is 9.51. The Hall–Kier alpha value is -2.69. The maximum Gasteiger partial charge on any atom is 0.461 e. The molecule has 0 saturated heterocycles. The molecule has 0 aliphatic heterocycles. The van der Waals surface area contributed by atoms with Crippen LogP contribution in [0, 0.1) is 25.6 Å². The Morgan fingerprint density at radius 3 is 1.89 bits per heavy atom. The molecule has 0 aliphatic carbocycles. The van der Waals surface area contributed by atoms with Crippen LogP contribution in [0.25, 0.3) is 4.98 Å². The Kier molecular flexibility index (Phi) is 5.41. The van der Waals surface area contributed by atoms with Crippen LogP contribution in [0.2, 0.25) is 0 Å². The van der Waals surface area contributed by atoms with Crippen molar-refractivity contribution in [2.45, 2.75) is 0 Å². The molecule has 13 heteroatoms. The number of hydrogen-bond acceptors (Lipinski definition) is 9. The van der Waals surface area contributed by atoms with E-state index in [1.165, 1.54) is 0 Å². The van der Waals surface area contributed by atoms with Gasteiger partial charge in [-0.2, -0.15) is 0 Å². The maximum absolute atomic E-state index is 10.4. The van der Waals surface area contributed by atoms with Gasteiger partial charge in [0.25, 0.3) is 5.69 Å². The Balaban J connectivity index is 0.000000555. The number of nitro groups is 2. The van der Waals surface area contributed by atoms with Crippen molar-refractivity contribution in [2.24, 2.45) is 0 Å². The van der Waals surface area contributed by atoms with Crippen molar-refractivity contribution < 1.29 is 27.4 Å². The smallest absolute Gasteiger partial charge is 0.461 e. The number of diazo groups is 1. The van der Waals surface area contributed by atoms with Crippen LogP contribution >= 0.6 is 0 Å². The van der Waals surface area contributed by atoms with Gasteiger partial charge in [0.05, 0.1) is 9.85 Å². The first-order valence-corrected chi connectivity index (χ1v) is 5.34. The lowest BCUT2D eigenvalue weighted by Gasteiger charge is -2.06. The normalized spacial score (nSPS) is 9.74. The summed E-state index contributed by atoms with van der Waals surface area (Å²) in [6.07, 6.45) is 0. The van der Waals surface area contributed by atoms with Gasteiger partial charge in [0, 0.05) is 22.5 Å². The lowest BCUT2D eigenvalue weighted by molar-refractivity contribution is -0.393. The highest BCUT2D eigenvalue weighted by Gasteiger charge is 2.27. The summed E-state index contributed by atoms with van der Waals surface area (Å²) < 4.78 is 34.1. The van der Waals surface area contributed by atoms with Crippen LogP contribution in [-0.2, 0) is 10.4 Å². The molecule has 0 aliphatic rings. The van der Waals surface area contributed by atoms with E-state index >= 15 is 0 Å². The Morgan fingerprint density at radius 1 is 1.11 bits per heavy atom. The molecule has 1 aromatic rings. The van der Waals surface area contributed by atoms with E-state index < -0.39 is 31.6 Å². The van der Waals surface area contributed by atoms with E-state index in [0.29, 0.717) is 0 Å². The van der Waals surface area contributed by atoms with Crippen LogP contribution in [0.1, 0.15) is 0 Å². The molecular formula is C6H3N4O8S-. The first-order valence-electron chi connectivity index (χ1n) is 4.01. The topological polar surface area (TPSA) is 195 Å². The summed E-state index contributed by atoms with van der Waals surface area (Å²) in [5, 5.41) is 29.0. The van der Waals surface area contributed by atoms with Crippen molar-refractivity contribution in [1.29, 1.82) is 5.39 Å². The Morgan fingerprint density at radius 2 is 1.58 bits per heavy atom. The average Bonchev–Trinajstić information content (AvgIpc) is 2.25. The van der Waals surface area contributed by atoms with Crippen molar-refractivity contribution in [3.05, 3.63) is 43.4 Å². The number of nitro benzene ring substituents is 2. The Bertz CT molecular complexity index is 640. The number of non-ortho nitro benzene ring substituents is 1. The van der Waals surface area contributed by atoms with Crippen LogP contribution in [0.4, 0.5) is 17.1 Å². The standard InChI is InChI=1S/C6H3N4O4.H2O4S/c7-8-5-2-1-4(9(11)12)3-6(5)10(13)14;1-5(2,3)4/h1-3H;(H2,1,2,3,4)/q+1;/p-2. The van der Waals surface area contributed by atoms with E-state index in [-0.39, 0.29) is 5.69 Å². The third-order valence-electron chi connectivity index (χ3n) is 1.47. The summed E-state index contributed by atoms with van der Waals surface area (Å²) in [7, 11) is -5.17. The number of hydrogen-bond donors (Lipinski definition) is 0. The van der Waals surface area contributed by atoms with Gasteiger partial charge in [0.2, 0.25) is 5.39 Å². The van der Waals surface area contributed by atoms with Crippen LogP contribution in [-0.4, -0.2) is 27.4 Å². The van der Waals surface area contributed by atoms with Crippen LogP contribution in [0.15, 0.2) is 18.2 Å². The zero-order chi connectivity index (χ0) is 15.2. The highest BCUT2D eigenvalue weighted by atomic mass is 32.3. The van der Waals surface area contributed by atoms with Crippen LogP contribution in [0.5, 0.6) is 0 Å². The maximum atomic E-state index is 10.4. The van der Waals surface area contributed by atoms with E-state index in [0.717, 1.165) is 18.2 Å². The van der Waals surface area contributed by atoms with Gasteiger partial charge in [-0.1, -0.05) is 0 Å². The van der Waals surface area contributed by atoms with Crippen molar-refractivity contribution in [3.8, 4) is 0 Å². The average molecular weight is 291 g/mol. The molecule has 0 N–H and O–H groups in total. The first kappa shape index (κ1) is 16.3. The predicted octanol–water partition coefficient (Wildman–Crippen LogP) is 0.650. The number of rotatable bonds is 2. The summed E-state index contributed by atoms with van der Waals surface area (Å²) in [5.41, 5.74) is -1.36. The van der Waals surface area contributed by atoms with E-state index in [2.05, 4.69) is 4.98 Å². The number of nitrogens with zero attached hydrogens (tertiary/aromatic N) is 4. The molecule has 102 valence electrons. The first-order chi connectivity index (χ1) is 8.56. The minimum Gasteiger partial charge on any atom is -0.759 e. The monoisotopic (exact) mass is 291 g/mol. The highest BCUT2D eigenvalue weighted by Crippen LogP contribution is 2.30. The fraction of sp³-hybridized carbons (Fsp3) is 0. The summed E-state index contributed by atoms with van der Waals surface area (Å²) in [4.78, 5) is 21.6. The molecule has 0 spiro atoms. The molecule has 0 aromatic heterocycles. The second-order valence-electron chi connectivity index (χ2n) is 2.70. The zero-order valence-electron chi connectivity index (χ0n) is 8.70. The summed E-state index contributed by atoms with van der Waals surface area (Å²) >= 11 is 0. The number of benzene rings is 1. The van der Waals surface area contributed by atoms with Crippen LogP contribution < -0.4 is 0 Å². The molecule has 0 saturated carbocycles. The predicted molar refractivity (Wildman–Crippen MR) is 55.0 cm³/mol.